The molecule has 0 bridgehead atoms. The fraction of sp³-hybridized carbons (Fsp3) is 0.375. The second-order valence-electron chi connectivity index (χ2n) is 7.89. The first-order valence-corrected chi connectivity index (χ1v) is 11.0. The van der Waals surface area contributed by atoms with E-state index in [0.717, 1.165) is 29.7 Å². The van der Waals surface area contributed by atoms with E-state index < -0.39 is 0 Å². The second kappa shape index (κ2) is 8.92. The summed E-state index contributed by atoms with van der Waals surface area (Å²) in [5.41, 5.74) is 1.96. The third-order valence-electron chi connectivity index (χ3n) is 5.34. The van der Waals surface area contributed by atoms with Crippen LogP contribution >= 0.6 is 15.9 Å². The van der Waals surface area contributed by atoms with Crippen LogP contribution in [0.1, 0.15) is 19.6 Å². The Hall–Kier alpha value is -2.15. The van der Waals surface area contributed by atoms with E-state index in [-0.39, 0.29) is 17.6 Å². The minimum atomic E-state index is -0.0288. The van der Waals surface area contributed by atoms with Gasteiger partial charge >= 0.3 is 0 Å². The van der Waals surface area contributed by atoms with E-state index in [2.05, 4.69) is 34.7 Å². The molecule has 4 rings (SSSR count). The Morgan fingerprint density at radius 2 is 1.80 bits per heavy atom. The number of fused-ring (bicyclic) bond motifs is 1. The van der Waals surface area contributed by atoms with Crippen LogP contribution < -0.4 is 10.2 Å². The minimum Gasteiger partial charge on any atom is -0.492 e. The molecule has 0 saturated carbocycles. The molecule has 1 aromatic heterocycles. The summed E-state index contributed by atoms with van der Waals surface area (Å²) in [6.07, 6.45) is 0.484. The molecule has 158 valence electrons. The van der Waals surface area contributed by atoms with Crippen LogP contribution in [0.5, 0.6) is 5.75 Å². The molecule has 1 saturated heterocycles. The monoisotopic (exact) mass is 471 g/mol. The Balaban J connectivity index is 1.51. The highest BCUT2D eigenvalue weighted by Crippen LogP contribution is 2.27. The van der Waals surface area contributed by atoms with E-state index in [1.54, 1.807) is 12.1 Å². The number of aryl methyl sites for hydroxylation is 1. The standard InChI is InChI=1S/C24H26BrNO4/c1-15-13-26(14-16(2)29-15)10-11-28-20-8-9-21-22(12-20)30-17(3)23(24(21)27)18-4-6-19(25)7-5-18/h4-9,12,15-16H,10-11,13-14H2,1-3H3/t15-,16-/m1/s1. The van der Waals surface area contributed by atoms with Gasteiger partial charge in [0.25, 0.3) is 0 Å². The molecule has 2 heterocycles. The maximum absolute atomic E-state index is 13.1. The third-order valence-corrected chi connectivity index (χ3v) is 5.87. The summed E-state index contributed by atoms with van der Waals surface area (Å²) in [5, 5.41) is 0.557. The smallest absolute Gasteiger partial charge is 0.200 e. The predicted molar refractivity (Wildman–Crippen MR) is 122 cm³/mol. The molecule has 0 amide bonds. The Morgan fingerprint density at radius 1 is 1.10 bits per heavy atom. The Kier molecular flexibility index (Phi) is 6.27. The summed E-state index contributed by atoms with van der Waals surface area (Å²) in [6.45, 7) is 9.26. The van der Waals surface area contributed by atoms with Crippen LogP contribution in [0.15, 0.2) is 56.1 Å². The van der Waals surface area contributed by atoms with Gasteiger partial charge in [-0.15, -0.1) is 0 Å². The number of hydrogen-bond donors (Lipinski definition) is 0. The van der Waals surface area contributed by atoms with Gasteiger partial charge in [-0.3, -0.25) is 9.69 Å². The van der Waals surface area contributed by atoms with Crippen LogP contribution in [0.25, 0.3) is 22.1 Å². The van der Waals surface area contributed by atoms with E-state index in [9.17, 15) is 4.79 Å². The Morgan fingerprint density at radius 3 is 2.50 bits per heavy atom. The molecule has 1 aliphatic heterocycles. The maximum atomic E-state index is 13.1. The molecule has 0 spiro atoms. The molecular weight excluding hydrogens is 446 g/mol. The third kappa shape index (κ3) is 4.61. The molecule has 0 unspecified atom stereocenters. The van der Waals surface area contributed by atoms with Gasteiger partial charge in [0.1, 0.15) is 23.7 Å². The summed E-state index contributed by atoms with van der Waals surface area (Å²) in [7, 11) is 0. The van der Waals surface area contributed by atoms with E-state index in [4.69, 9.17) is 13.9 Å². The van der Waals surface area contributed by atoms with Gasteiger partial charge in [0.15, 0.2) is 0 Å². The van der Waals surface area contributed by atoms with Crippen LogP contribution in [0, 0.1) is 6.92 Å². The van der Waals surface area contributed by atoms with Crippen molar-refractivity contribution >= 4 is 26.9 Å². The lowest BCUT2D eigenvalue weighted by molar-refractivity contribution is -0.0699. The van der Waals surface area contributed by atoms with E-state index in [0.29, 0.717) is 34.6 Å². The van der Waals surface area contributed by atoms with Crippen molar-refractivity contribution in [3.8, 4) is 16.9 Å². The Labute approximate surface area is 184 Å². The van der Waals surface area contributed by atoms with Gasteiger partial charge in [0, 0.05) is 30.2 Å². The topological polar surface area (TPSA) is 51.9 Å². The summed E-state index contributed by atoms with van der Waals surface area (Å²) in [5.74, 6) is 1.30. The van der Waals surface area contributed by atoms with Crippen molar-refractivity contribution in [1.82, 2.24) is 4.90 Å². The minimum absolute atomic E-state index is 0.0288. The molecule has 0 aliphatic carbocycles. The number of halogens is 1. The van der Waals surface area contributed by atoms with Gasteiger partial charge in [0.2, 0.25) is 5.43 Å². The van der Waals surface area contributed by atoms with Crippen molar-refractivity contribution in [2.45, 2.75) is 33.0 Å². The molecule has 2 atom stereocenters. The van der Waals surface area contributed by atoms with Gasteiger partial charge < -0.3 is 13.9 Å². The molecule has 5 nitrogen and oxygen atoms in total. The number of hydrogen-bond acceptors (Lipinski definition) is 5. The van der Waals surface area contributed by atoms with Gasteiger partial charge in [-0.2, -0.15) is 0 Å². The highest BCUT2D eigenvalue weighted by atomic mass is 79.9. The molecule has 2 aromatic carbocycles. The van der Waals surface area contributed by atoms with Crippen molar-refractivity contribution in [3.05, 3.63) is 62.9 Å². The van der Waals surface area contributed by atoms with Gasteiger partial charge in [-0.25, -0.2) is 0 Å². The van der Waals surface area contributed by atoms with Crippen LogP contribution in [-0.4, -0.2) is 43.3 Å². The van der Waals surface area contributed by atoms with Gasteiger partial charge in [-0.05, 0) is 50.6 Å². The fourth-order valence-corrected chi connectivity index (χ4v) is 4.35. The zero-order valence-electron chi connectivity index (χ0n) is 17.5. The van der Waals surface area contributed by atoms with Gasteiger partial charge in [-0.1, -0.05) is 28.1 Å². The number of rotatable bonds is 5. The molecular formula is C24H26BrNO4. The van der Waals surface area contributed by atoms with Crippen molar-refractivity contribution in [2.24, 2.45) is 0 Å². The number of ether oxygens (including phenoxy) is 2. The average molecular weight is 472 g/mol. The lowest BCUT2D eigenvalue weighted by Gasteiger charge is -2.35. The molecule has 30 heavy (non-hydrogen) atoms. The first-order chi connectivity index (χ1) is 14.4. The molecule has 0 N–H and O–H groups in total. The summed E-state index contributed by atoms with van der Waals surface area (Å²) in [4.78, 5) is 15.5. The highest BCUT2D eigenvalue weighted by molar-refractivity contribution is 9.10. The predicted octanol–water partition coefficient (Wildman–Crippen LogP) is 5.02. The zero-order valence-corrected chi connectivity index (χ0v) is 19.1. The molecule has 1 fully saturated rings. The Bertz CT molecular complexity index is 1080. The summed E-state index contributed by atoms with van der Waals surface area (Å²) in [6, 6.07) is 13.1. The summed E-state index contributed by atoms with van der Waals surface area (Å²) >= 11 is 3.43. The van der Waals surface area contributed by atoms with Crippen LogP contribution in [0.2, 0.25) is 0 Å². The molecule has 6 heteroatoms. The van der Waals surface area contributed by atoms with Crippen molar-refractivity contribution in [3.63, 3.8) is 0 Å². The van der Waals surface area contributed by atoms with Gasteiger partial charge in [0.05, 0.1) is 23.2 Å². The molecule has 0 radical (unpaired) electrons. The first-order valence-electron chi connectivity index (χ1n) is 10.2. The number of benzene rings is 2. The first kappa shape index (κ1) is 21.1. The average Bonchev–Trinajstić information content (AvgIpc) is 2.68. The molecule has 1 aliphatic rings. The van der Waals surface area contributed by atoms with E-state index in [1.165, 1.54) is 0 Å². The SMILES string of the molecule is Cc1oc2cc(OCCN3C[C@@H](C)O[C@H](C)C3)ccc2c(=O)c1-c1ccc(Br)cc1. The van der Waals surface area contributed by atoms with E-state index >= 15 is 0 Å². The van der Waals surface area contributed by atoms with Crippen molar-refractivity contribution in [1.29, 1.82) is 0 Å². The number of morpholine rings is 1. The van der Waals surface area contributed by atoms with Crippen molar-refractivity contribution in [2.75, 3.05) is 26.2 Å². The lowest BCUT2D eigenvalue weighted by atomic mass is 10.0. The zero-order chi connectivity index (χ0) is 21.3. The highest BCUT2D eigenvalue weighted by Gasteiger charge is 2.21. The van der Waals surface area contributed by atoms with E-state index in [1.807, 2.05) is 37.3 Å². The lowest BCUT2D eigenvalue weighted by Crippen LogP contribution is -2.46. The quantitative estimate of drug-likeness (QED) is 0.522. The van der Waals surface area contributed by atoms with Crippen LogP contribution in [0.3, 0.4) is 0 Å². The maximum Gasteiger partial charge on any atom is 0.200 e. The van der Waals surface area contributed by atoms with Crippen molar-refractivity contribution < 1.29 is 13.9 Å². The second-order valence-corrected chi connectivity index (χ2v) is 8.81. The molecule has 3 aromatic rings. The number of nitrogens with zero attached hydrogens (tertiary/aromatic N) is 1. The normalized spacial score (nSPS) is 19.9. The summed E-state index contributed by atoms with van der Waals surface area (Å²) < 4.78 is 18.7. The largest absolute Gasteiger partial charge is 0.492 e. The fourth-order valence-electron chi connectivity index (χ4n) is 4.09. The van der Waals surface area contributed by atoms with Crippen LogP contribution in [0.4, 0.5) is 0 Å². The van der Waals surface area contributed by atoms with Crippen LogP contribution in [-0.2, 0) is 4.74 Å².